The third-order valence-electron chi connectivity index (χ3n) is 5.79. The molecule has 32 heavy (non-hydrogen) atoms. The highest BCUT2D eigenvalue weighted by atomic mass is 32.1. The highest BCUT2D eigenvalue weighted by molar-refractivity contribution is 7.18. The number of hydrogen-bond acceptors (Lipinski definition) is 5. The van der Waals surface area contributed by atoms with E-state index in [0.29, 0.717) is 26.3 Å². The first-order valence-electron chi connectivity index (χ1n) is 10.9. The molecule has 1 saturated heterocycles. The minimum Gasteiger partial charge on any atom is -0.378 e. The van der Waals surface area contributed by atoms with Crippen LogP contribution in [0.1, 0.15) is 15.5 Å². The summed E-state index contributed by atoms with van der Waals surface area (Å²) in [4.78, 5) is 20.7. The largest absolute Gasteiger partial charge is 0.378 e. The Morgan fingerprint density at radius 2 is 1.84 bits per heavy atom. The van der Waals surface area contributed by atoms with Crippen molar-refractivity contribution < 1.29 is 9.53 Å². The van der Waals surface area contributed by atoms with E-state index >= 15 is 0 Å². The van der Waals surface area contributed by atoms with E-state index in [9.17, 15) is 4.79 Å². The Morgan fingerprint density at radius 1 is 1.09 bits per heavy atom. The Labute approximate surface area is 191 Å². The molecule has 0 atom stereocenters. The lowest BCUT2D eigenvalue weighted by Gasteiger charge is -2.28. The number of benzene rings is 2. The fourth-order valence-electron chi connectivity index (χ4n) is 4.17. The first kappa shape index (κ1) is 20.7. The van der Waals surface area contributed by atoms with Gasteiger partial charge in [-0.2, -0.15) is 0 Å². The third-order valence-corrected chi connectivity index (χ3v) is 6.98. The SMILES string of the molecule is Cc1nc2ccccc2n1CCNC(=O)c1cc(-c2ccccc2)c(N2CCOCC2)s1. The van der Waals surface area contributed by atoms with Crippen molar-refractivity contribution in [3.05, 3.63) is 71.4 Å². The Bertz CT molecular complexity index is 1230. The van der Waals surface area contributed by atoms with Crippen LogP contribution in [0, 0.1) is 6.92 Å². The second kappa shape index (κ2) is 9.14. The molecule has 1 aliphatic heterocycles. The molecule has 0 bridgehead atoms. The van der Waals surface area contributed by atoms with Crippen molar-refractivity contribution >= 4 is 33.3 Å². The summed E-state index contributed by atoms with van der Waals surface area (Å²) < 4.78 is 7.68. The van der Waals surface area contributed by atoms with Crippen LogP contribution in [0.3, 0.4) is 0 Å². The van der Waals surface area contributed by atoms with Crippen LogP contribution in [-0.2, 0) is 11.3 Å². The summed E-state index contributed by atoms with van der Waals surface area (Å²) in [7, 11) is 0. The molecule has 0 radical (unpaired) electrons. The number of anilines is 1. The van der Waals surface area contributed by atoms with Crippen molar-refractivity contribution in [3.63, 3.8) is 0 Å². The molecule has 0 unspecified atom stereocenters. The number of carbonyl (C=O) groups is 1. The van der Waals surface area contributed by atoms with Crippen LogP contribution in [0.25, 0.3) is 22.2 Å². The molecule has 3 heterocycles. The van der Waals surface area contributed by atoms with Crippen molar-refractivity contribution in [2.75, 3.05) is 37.7 Å². The van der Waals surface area contributed by atoms with Crippen molar-refractivity contribution in [3.8, 4) is 11.1 Å². The average Bonchev–Trinajstić information content (AvgIpc) is 3.42. The maximum Gasteiger partial charge on any atom is 0.261 e. The summed E-state index contributed by atoms with van der Waals surface area (Å²) in [6, 6.07) is 20.4. The second-order valence-electron chi connectivity index (χ2n) is 7.85. The van der Waals surface area contributed by atoms with Gasteiger partial charge in [0, 0.05) is 31.7 Å². The fraction of sp³-hybridized carbons (Fsp3) is 0.280. The molecule has 0 aliphatic carbocycles. The van der Waals surface area contributed by atoms with Crippen molar-refractivity contribution in [1.29, 1.82) is 0 Å². The Balaban J connectivity index is 1.34. The van der Waals surface area contributed by atoms with Crippen LogP contribution in [0.2, 0.25) is 0 Å². The zero-order chi connectivity index (χ0) is 21.9. The number of carbonyl (C=O) groups excluding carboxylic acids is 1. The van der Waals surface area contributed by atoms with Gasteiger partial charge in [0.05, 0.1) is 34.1 Å². The van der Waals surface area contributed by atoms with Gasteiger partial charge in [0.1, 0.15) is 5.82 Å². The van der Waals surface area contributed by atoms with Crippen LogP contribution >= 0.6 is 11.3 Å². The van der Waals surface area contributed by atoms with Gasteiger partial charge in [-0.3, -0.25) is 4.79 Å². The maximum absolute atomic E-state index is 13.0. The van der Waals surface area contributed by atoms with Gasteiger partial charge in [-0.15, -0.1) is 11.3 Å². The van der Waals surface area contributed by atoms with E-state index in [-0.39, 0.29) is 5.91 Å². The molecule has 5 rings (SSSR count). The number of rotatable bonds is 6. The van der Waals surface area contributed by atoms with E-state index in [1.165, 1.54) is 0 Å². The number of thiophene rings is 1. The molecule has 164 valence electrons. The van der Waals surface area contributed by atoms with E-state index in [1.54, 1.807) is 11.3 Å². The zero-order valence-electron chi connectivity index (χ0n) is 18.1. The highest BCUT2D eigenvalue weighted by Crippen LogP contribution is 2.39. The van der Waals surface area contributed by atoms with E-state index in [2.05, 4.69) is 38.0 Å². The molecule has 1 fully saturated rings. The van der Waals surface area contributed by atoms with E-state index in [0.717, 1.165) is 51.0 Å². The number of fused-ring (bicyclic) bond motifs is 1. The molecule has 1 N–H and O–H groups in total. The summed E-state index contributed by atoms with van der Waals surface area (Å²) in [5.41, 5.74) is 4.32. The van der Waals surface area contributed by atoms with Gasteiger partial charge >= 0.3 is 0 Å². The van der Waals surface area contributed by atoms with Gasteiger partial charge in [-0.25, -0.2) is 4.98 Å². The van der Waals surface area contributed by atoms with Crippen molar-refractivity contribution in [1.82, 2.24) is 14.9 Å². The Kier molecular flexibility index (Phi) is 5.92. The first-order valence-corrected chi connectivity index (χ1v) is 11.7. The average molecular weight is 447 g/mol. The van der Waals surface area contributed by atoms with Gasteiger partial charge in [0.2, 0.25) is 0 Å². The lowest BCUT2D eigenvalue weighted by atomic mass is 10.1. The monoisotopic (exact) mass is 446 g/mol. The standard InChI is InChI=1S/C25H26N4O2S/c1-18-27-21-9-5-6-10-22(21)29(18)12-11-26-24(30)23-17-20(19-7-3-2-4-8-19)25(32-23)28-13-15-31-16-14-28/h2-10,17H,11-16H2,1H3,(H,26,30). The third kappa shape index (κ3) is 4.13. The highest BCUT2D eigenvalue weighted by Gasteiger charge is 2.22. The summed E-state index contributed by atoms with van der Waals surface area (Å²) in [5.74, 6) is 0.923. The maximum atomic E-state index is 13.0. The number of amides is 1. The number of aromatic nitrogens is 2. The van der Waals surface area contributed by atoms with E-state index in [1.807, 2.05) is 49.4 Å². The number of para-hydroxylation sites is 2. The number of imidazole rings is 1. The second-order valence-corrected chi connectivity index (χ2v) is 8.88. The van der Waals surface area contributed by atoms with Gasteiger partial charge in [-0.1, -0.05) is 42.5 Å². The number of hydrogen-bond donors (Lipinski definition) is 1. The van der Waals surface area contributed by atoms with Gasteiger partial charge in [0.25, 0.3) is 5.91 Å². The molecule has 2 aromatic carbocycles. The minimum atomic E-state index is -0.0336. The smallest absolute Gasteiger partial charge is 0.261 e. The molecule has 6 nitrogen and oxygen atoms in total. The topological polar surface area (TPSA) is 59.4 Å². The van der Waals surface area contributed by atoms with Crippen molar-refractivity contribution in [2.24, 2.45) is 0 Å². The minimum absolute atomic E-state index is 0.0336. The molecular weight excluding hydrogens is 420 g/mol. The number of nitrogens with zero attached hydrogens (tertiary/aromatic N) is 3. The summed E-state index contributed by atoms with van der Waals surface area (Å²) in [5, 5.41) is 4.24. The zero-order valence-corrected chi connectivity index (χ0v) is 18.9. The molecule has 0 spiro atoms. The van der Waals surface area contributed by atoms with E-state index < -0.39 is 0 Å². The Morgan fingerprint density at radius 3 is 2.66 bits per heavy atom. The van der Waals surface area contributed by atoms with Crippen LogP contribution in [0.4, 0.5) is 5.00 Å². The predicted molar refractivity (Wildman–Crippen MR) is 130 cm³/mol. The predicted octanol–water partition coefficient (Wildman–Crippen LogP) is 4.34. The normalized spacial score (nSPS) is 14.1. The van der Waals surface area contributed by atoms with Crippen LogP contribution in [-0.4, -0.2) is 48.3 Å². The summed E-state index contributed by atoms with van der Waals surface area (Å²) in [6.07, 6.45) is 0. The Hall–Kier alpha value is -3.16. The van der Waals surface area contributed by atoms with Crippen LogP contribution in [0.15, 0.2) is 60.7 Å². The molecule has 7 heteroatoms. The molecule has 1 amide bonds. The quantitative estimate of drug-likeness (QED) is 0.479. The van der Waals surface area contributed by atoms with Crippen molar-refractivity contribution in [2.45, 2.75) is 13.5 Å². The first-order chi connectivity index (χ1) is 15.7. The van der Waals surface area contributed by atoms with Gasteiger partial charge < -0.3 is 19.5 Å². The van der Waals surface area contributed by atoms with Gasteiger partial charge in [-0.05, 0) is 30.7 Å². The molecule has 2 aromatic heterocycles. The molecule has 1 aliphatic rings. The number of ether oxygens (including phenoxy) is 1. The van der Waals surface area contributed by atoms with Crippen LogP contribution in [0.5, 0.6) is 0 Å². The van der Waals surface area contributed by atoms with Gasteiger partial charge in [0.15, 0.2) is 0 Å². The number of nitrogens with one attached hydrogen (secondary N) is 1. The number of morpholine rings is 1. The number of aryl methyl sites for hydroxylation is 1. The summed E-state index contributed by atoms with van der Waals surface area (Å²) >= 11 is 1.56. The molecular formula is C25H26N4O2S. The lowest BCUT2D eigenvalue weighted by molar-refractivity contribution is 0.0956. The fourth-order valence-corrected chi connectivity index (χ4v) is 5.31. The molecule has 0 saturated carbocycles. The van der Waals surface area contributed by atoms with Crippen LogP contribution < -0.4 is 10.2 Å². The molecule has 4 aromatic rings. The summed E-state index contributed by atoms with van der Waals surface area (Å²) in [6.45, 7) is 6.35. The lowest BCUT2D eigenvalue weighted by Crippen LogP contribution is -2.35. The van der Waals surface area contributed by atoms with E-state index in [4.69, 9.17) is 4.74 Å².